The molecule has 1 aromatic heterocycles. The van der Waals surface area contributed by atoms with Gasteiger partial charge < -0.3 is 4.74 Å². The molecule has 1 fully saturated rings. The van der Waals surface area contributed by atoms with E-state index in [1.165, 1.54) is 12.8 Å². The highest BCUT2D eigenvalue weighted by Crippen LogP contribution is 2.29. The van der Waals surface area contributed by atoms with Crippen LogP contribution in [0.15, 0.2) is 29.6 Å². The van der Waals surface area contributed by atoms with Crippen LogP contribution < -0.4 is 16.0 Å². The fourth-order valence-electron chi connectivity index (χ4n) is 1.98. The van der Waals surface area contributed by atoms with Gasteiger partial charge in [0.1, 0.15) is 5.75 Å². The highest BCUT2D eigenvalue weighted by Gasteiger charge is 2.23. The van der Waals surface area contributed by atoms with Crippen molar-refractivity contribution in [2.75, 3.05) is 0 Å². The van der Waals surface area contributed by atoms with E-state index in [4.69, 9.17) is 10.6 Å². The van der Waals surface area contributed by atoms with E-state index in [2.05, 4.69) is 10.4 Å². The molecule has 2 aromatic rings. The minimum Gasteiger partial charge on any atom is -0.490 e. The van der Waals surface area contributed by atoms with Gasteiger partial charge in [0.15, 0.2) is 0 Å². The first-order valence-corrected chi connectivity index (χ1v) is 7.29. The lowest BCUT2D eigenvalue weighted by atomic mass is 10.1. The maximum atomic E-state index is 5.74. The van der Waals surface area contributed by atoms with Crippen LogP contribution in [0.3, 0.4) is 0 Å². The van der Waals surface area contributed by atoms with Crippen LogP contribution in [0.5, 0.6) is 5.75 Å². The van der Waals surface area contributed by atoms with Crippen LogP contribution in [-0.4, -0.2) is 11.1 Å². The fraction of sp³-hybridized carbons (Fsp3) is 0.357. The van der Waals surface area contributed by atoms with Crippen LogP contribution in [-0.2, 0) is 0 Å². The Morgan fingerprint density at radius 2 is 2.11 bits per heavy atom. The summed E-state index contributed by atoms with van der Waals surface area (Å²) in [4.78, 5) is 4.48. The number of nitrogens with one attached hydrogen (secondary N) is 1. The second kappa shape index (κ2) is 5.28. The summed E-state index contributed by atoms with van der Waals surface area (Å²) in [6.45, 7) is 1.99. The first-order valence-electron chi connectivity index (χ1n) is 6.41. The molecule has 1 atom stereocenters. The molecule has 4 nitrogen and oxygen atoms in total. The van der Waals surface area contributed by atoms with Crippen molar-refractivity contribution >= 4 is 11.3 Å². The third-order valence-electron chi connectivity index (χ3n) is 3.14. The molecule has 1 aliphatic carbocycles. The molecule has 0 saturated heterocycles. The van der Waals surface area contributed by atoms with Crippen molar-refractivity contribution < 1.29 is 4.74 Å². The molecule has 0 radical (unpaired) electrons. The zero-order valence-corrected chi connectivity index (χ0v) is 11.6. The number of nitrogens with two attached hydrogens (primary N) is 1. The Balaban J connectivity index is 1.78. The molecule has 1 saturated carbocycles. The second-order valence-electron chi connectivity index (χ2n) is 4.78. The first-order chi connectivity index (χ1) is 9.26. The monoisotopic (exact) mass is 275 g/mol. The van der Waals surface area contributed by atoms with E-state index >= 15 is 0 Å². The second-order valence-corrected chi connectivity index (χ2v) is 5.84. The molecule has 1 unspecified atom stereocenters. The summed E-state index contributed by atoms with van der Waals surface area (Å²) in [6.07, 6.45) is 2.77. The van der Waals surface area contributed by atoms with Gasteiger partial charge in [0.2, 0.25) is 0 Å². The summed E-state index contributed by atoms with van der Waals surface area (Å²) in [6, 6.07) is 8.00. The van der Waals surface area contributed by atoms with E-state index in [1.54, 1.807) is 11.3 Å². The van der Waals surface area contributed by atoms with Crippen molar-refractivity contribution in [1.82, 2.24) is 10.4 Å². The van der Waals surface area contributed by atoms with Crippen molar-refractivity contribution in [2.24, 2.45) is 5.84 Å². The zero-order chi connectivity index (χ0) is 13.2. The molecule has 1 aliphatic rings. The lowest BCUT2D eigenvalue weighted by Crippen LogP contribution is -2.29. The van der Waals surface area contributed by atoms with Crippen LogP contribution in [0, 0.1) is 6.92 Å². The highest BCUT2D eigenvalue weighted by atomic mass is 32.1. The number of nitrogens with zero attached hydrogens (tertiary/aromatic N) is 1. The molecule has 0 amide bonds. The van der Waals surface area contributed by atoms with Gasteiger partial charge in [-0.25, -0.2) is 10.4 Å². The van der Waals surface area contributed by atoms with E-state index in [0.717, 1.165) is 22.0 Å². The lowest BCUT2D eigenvalue weighted by molar-refractivity contribution is 0.303. The summed E-state index contributed by atoms with van der Waals surface area (Å²) in [5, 5.41) is 3.08. The molecule has 3 rings (SSSR count). The van der Waals surface area contributed by atoms with E-state index in [0.29, 0.717) is 6.10 Å². The van der Waals surface area contributed by atoms with Gasteiger partial charge in [0, 0.05) is 5.38 Å². The van der Waals surface area contributed by atoms with Crippen molar-refractivity contribution in [3.8, 4) is 5.75 Å². The number of benzene rings is 1. The smallest absolute Gasteiger partial charge is 0.119 e. The predicted octanol–water partition coefficient (Wildman–Crippen LogP) is 2.55. The number of rotatable bonds is 5. The third-order valence-corrected chi connectivity index (χ3v) is 3.93. The lowest BCUT2D eigenvalue weighted by Gasteiger charge is -2.14. The molecular weight excluding hydrogens is 258 g/mol. The van der Waals surface area contributed by atoms with Crippen LogP contribution >= 0.6 is 11.3 Å². The van der Waals surface area contributed by atoms with Gasteiger partial charge in [-0.2, -0.15) is 0 Å². The van der Waals surface area contributed by atoms with Crippen molar-refractivity contribution in [1.29, 1.82) is 0 Å². The van der Waals surface area contributed by atoms with Crippen molar-refractivity contribution in [3.63, 3.8) is 0 Å². The normalized spacial score (nSPS) is 16.3. The molecule has 0 bridgehead atoms. The van der Waals surface area contributed by atoms with Crippen molar-refractivity contribution in [2.45, 2.75) is 31.9 Å². The topological polar surface area (TPSA) is 60.2 Å². The van der Waals surface area contributed by atoms with Gasteiger partial charge in [-0.05, 0) is 37.5 Å². The minimum absolute atomic E-state index is 0.0695. The predicted molar refractivity (Wildman–Crippen MR) is 76.1 cm³/mol. The number of thiazole rings is 1. The Hall–Kier alpha value is -1.43. The van der Waals surface area contributed by atoms with E-state index in [-0.39, 0.29) is 6.04 Å². The van der Waals surface area contributed by atoms with Gasteiger partial charge in [-0.1, -0.05) is 12.1 Å². The molecule has 1 aromatic carbocycles. The molecular formula is C14H17N3OS. The zero-order valence-electron chi connectivity index (χ0n) is 10.8. The van der Waals surface area contributed by atoms with Gasteiger partial charge in [0.05, 0.1) is 22.8 Å². The Kier molecular flexibility index (Phi) is 3.50. The largest absolute Gasteiger partial charge is 0.490 e. The molecule has 0 spiro atoms. The summed E-state index contributed by atoms with van der Waals surface area (Å²) in [5.41, 5.74) is 4.88. The Morgan fingerprint density at radius 3 is 2.63 bits per heavy atom. The average Bonchev–Trinajstić information content (AvgIpc) is 3.13. The Morgan fingerprint density at radius 1 is 1.37 bits per heavy atom. The number of aromatic nitrogens is 1. The number of hydrogen-bond donors (Lipinski definition) is 2. The van der Waals surface area contributed by atoms with Gasteiger partial charge in [-0.15, -0.1) is 11.3 Å². The molecule has 5 heteroatoms. The highest BCUT2D eigenvalue weighted by molar-refractivity contribution is 7.09. The molecule has 0 aliphatic heterocycles. The third kappa shape index (κ3) is 2.94. The van der Waals surface area contributed by atoms with E-state index < -0.39 is 0 Å². The summed E-state index contributed by atoms with van der Waals surface area (Å²) >= 11 is 1.63. The summed E-state index contributed by atoms with van der Waals surface area (Å²) < 4.78 is 5.74. The fourth-order valence-corrected chi connectivity index (χ4v) is 2.62. The number of hydrogen-bond acceptors (Lipinski definition) is 5. The maximum Gasteiger partial charge on any atom is 0.119 e. The minimum atomic E-state index is -0.0695. The van der Waals surface area contributed by atoms with Gasteiger partial charge in [0.25, 0.3) is 0 Å². The van der Waals surface area contributed by atoms with Crippen molar-refractivity contribution in [3.05, 3.63) is 45.9 Å². The Labute approximate surface area is 116 Å². The molecule has 3 N–H and O–H groups in total. The first kappa shape index (κ1) is 12.6. The van der Waals surface area contributed by atoms with Crippen LogP contribution in [0.2, 0.25) is 0 Å². The van der Waals surface area contributed by atoms with Crippen LogP contribution in [0.4, 0.5) is 0 Å². The molecule has 19 heavy (non-hydrogen) atoms. The molecule has 1 heterocycles. The average molecular weight is 275 g/mol. The van der Waals surface area contributed by atoms with Crippen LogP contribution in [0.25, 0.3) is 0 Å². The SMILES string of the molecule is Cc1nc(C(NN)c2ccc(OC3CC3)cc2)cs1. The van der Waals surface area contributed by atoms with Gasteiger partial charge in [-0.3, -0.25) is 5.84 Å². The quantitative estimate of drug-likeness (QED) is 0.650. The van der Waals surface area contributed by atoms with E-state index in [1.807, 2.05) is 36.6 Å². The van der Waals surface area contributed by atoms with E-state index in [9.17, 15) is 0 Å². The number of hydrazine groups is 1. The summed E-state index contributed by atoms with van der Waals surface area (Å²) in [5.74, 6) is 6.59. The number of ether oxygens (including phenoxy) is 1. The van der Waals surface area contributed by atoms with Gasteiger partial charge >= 0.3 is 0 Å². The summed E-state index contributed by atoms with van der Waals surface area (Å²) in [7, 11) is 0. The number of aryl methyl sites for hydroxylation is 1. The Bertz CT molecular complexity index is 548. The maximum absolute atomic E-state index is 5.74. The molecule has 100 valence electrons. The van der Waals surface area contributed by atoms with Crippen LogP contribution in [0.1, 0.15) is 35.1 Å². The standard InChI is InChI=1S/C14H17N3OS/c1-9-16-13(8-19-9)14(17-15)10-2-4-11(5-3-10)18-12-6-7-12/h2-5,8,12,14,17H,6-7,15H2,1H3.